The molecule has 0 unspecified atom stereocenters. The number of aryl methyl sites for hydroxylation is 1. The molecular weight excluding hydrogens is 346 g/mol. The van der Waals surface area contributed by atoms with Crippen LogP contribution in [-0.2, 0) is 4.74 Å². The van der Waals surface area contributed by atoms with Crippen molar-refractivity contribution in [3.63, 3.8) is 0 Å². The lowest BCUT2D eigenvalue weighted by atomic mass is 10.2. The van der Waals surface area contributed by atoms with Crippen molar-refractivity contribution in [3.8, 4) is 0 Å². The number of ether oxygens (including phenoxy) is 1. The molecule has 1 aromatic heterocycles. The third-order valence-electron chi connectivity index (χ3n) is 3.73. The summed E-state index contributed by atoms with van der Waals surface area (Å²) in [6, 6.07) is 0.436. The zero-order chi connectivity index (χ0) is 17.5. The molecule has 24 heavy (non-hydrogen) atoms. The van der Waals surface area contributed by atoms with E-state index >= 15 is 0 Å². The van der Waals surface area contributed by atoms with Gasteiger partial charge in [0.25, 0.3) is 0 Å². The molecule has 0 saturated heterocycles. The van der Waals surface area contributed by atoms with Gasteiger partial charge in [0.15, 0.2) is 5.11 Å². The van der Waals surface area contributed by atoms with E-state index in [1.807, 2.05) is 13.8 Å². The van der Waals surface area contributed by atoms with Crippen LogP contribution >= 0.6 is 23.8 Å². The summed E-state index contributed by atoms with van der Waals surface area (Å²) >= 11 is 6.48. The van der Waals surface area contributed by atoms with E-state index in [0.717, 1.165) is 24.1 Å². The van der Waals surface area contributed by atoms with E-state index in [-0.39, 0.29) is 0 Å². The van der Waals surface area contributed by atoms with Gasteiger partial charge in [0.1, 0.15) is 5.00 Å². The minimum atomic E-state index is -0.499. The Morgan fingerprint density at radius 1 is 1.46 bits per heavy atom. The number of hydrogen-bond donors (Lipinski definition) is 3. The number of carbonyl (C=O) groups is 1. The highest BCUT2D eigenvalue weighted by atomic mass is 32.1. The fourth-order valence-corrected chi connectivity index (χ4v) is 3.67. The Labute approximate surface area is 151 Å². The van der Waals surface area contributed by atoms with Crippen molar-refractivity contribution in [2.45, 2.75) is 52.5 Å². The third-order valence-corrected chi connectivity index (χ3v) is 4.79. The minimum absolute atomic E-state index is 0.314. The molecule has 2 rings (SSSR count). The molecule has 7 nitrogen and oxygen atoms in total. The maximum atomic E-state index is 11.6. The Morgan fingerprint density at radius 2 is 2.17 bits per heavy atom. The average Bonchev–Trinajstić information content (AvgIpc) is 3.15. The van der Waals surface area contributed by atoms with Crippen LogP contribution in [0.5, 0.6) is 0 Å². The summed E-state index contributed by atoms with van der Waals surface area (Å²) in [5, 5.41) is 11.4. The quantitative estimate of drug-likeness (QED) is 0.420. The summed E-state index contributed by atoms with van der Waals surface area (Å²) in [4.78, 5) is 11.6. The summed E-state index contributed by atoms with van der Waals surface area (Å²) in [6.45, 7) is 5.79. The Kier molecular flexibility index (Phi) is 6.92. The molecule has 0 spiro atoms. The van der Waals surface area contributed by atoms with Crippen LogP contribution in [0.1, 0.15) is 50.8 Å². The number of amides is 1. The molecule has 9 heteroatoms. The van der Waals surface area contributed by atoms with Crippen LogP contribution in [0.3, 0.4) is 0 Å². The van der Waals surface area contributed by atoms with Crippen LogP contribution in [0.25, 0.3) is 0 Å². The smallest absolute Gasteiger partial charge is 0.412 e. The number of hydrogen-bond acceptors (Lipinski definition) is 6. The Bertz CT molecular complexity index is 623. The SMILES string of the molecule is CCOC(=O)Nc1snc(C)c1/C(C)=N/NC(=S)NC1CCCC1. The molecule has 1 amide bonds. The van der Waals surface area contributed by atoms with Crippen LogP contribution in [0.4, 0.5) is 9.80 Å². The number of thiocarbonyl (C=S) groups is 1. The van der Waals surface area contributed by atoms with E-state index in [2.05, 4.69) is 25.5 Å². The lowest BCUT2D eigenvalue weighted by Crippen LogP contribution is -2.38. The molecule has 1 saturated carbocycles. The van der Waals surface area contributed by atoms with Crippen molar-refractivity contribution in [1.82, 2.24) is 15.1 Å². The summed E-state index contributed by atoms with van der Waals surface area (Å²) in [5.41, 5.74) is 5.15. The largest absolute Gasteiger partial charge is 0.450 e. The van der Waals surface area contributed by atoms with Gasteiger partial charge in [-0.2, -0.15) is 9.47 Å². The molecule has 0 aromatic carbocycles. The third kappa shape index (κ3) is 5.13. The molecule has 0 radical (unpaired) electrons. The Morgan fingerprint density at radius 3 is 2.83 bits per heavy atom. The highest BCUT2D eigenvalue weighted by molar-refractivity contribution is 7.80. The van der Waals surface area contributed by atoms with Crippen molar-refractivity contribution in [1.29, 1.82) is 0 Å². The van der Waals surface area contributed by atoms with E-state index in [1.165, 1.54) is 24.4 Å². The van der Waals surface area contributed by atoms with Gasteiger partial charge in [-0.3, -0.25) is 10.7 Å². The predicted octanol–water partition coefficient (Wildman–Crippen LogP) is 3.15. The second-order valence-corrected chi connectivity index (χ2v) is 6.76. The van der Waals surface area contributed by atoms with Gasteiger partial charge in [-0.25, -0.2) is 4.79 Å². The molecule has 1 heterocycles. The normalized spacial score (nSPS) is 15.2. The Hall–Kier alpha value is -1.74. The van der Waals surface area contributed by atoms with Gasteiger partial charge in [0.2, 0.25) is 0 Å². The zero-order valence-corrected chi connectivity index (χ0v) is 15.8. The lowest BCUT2D eigenvalue weighted by Gasteiger charge is -2.14. The molecule has 1 aliphatic rings. The van der Waals surface area contributed by atoms with Crippen molar-refractivity contribution >= 4 is 45.7 Å². The van der Waals surface area contributed by atoms with Crippen LogP contribution < -0.4 is 16.1 Å². The number of rotatable bonds is 5. The van der Waals surface area contributed by atoms with Gasteiger partial charge in [0.05, 0.1) is 23.6 Å². The van der Waals surface area contributed by atoms with Gasteiger partial charge in [-0.15, -0.1) is 0 Å². The molecule has 1 aliphatic carbocycles. The van der Waals surface area contributed by atoms with Gasteiger partial charge >= 0.3 is 6.09 Å². The predicted molar refractivity (Wildman–Crippen MR) is 101 cm³/mol. The number of nitrogens with one attached hydrogen (secondary N) is 3. The number of carbonyl (C=O) groups excluding carboxylic acids is 1. The van der Waals surface area contributed by atoms with E-state index in [4.69, 9.17) is 17.0 Å². The van der Waals surface area contributed by atoms with Crippen molar-refractivity contribution in [2.75, 3.05) is 11.9 Å². The van der Waals surface area contributed by atoms with Crippen LogP contribution in [0.15, 0.2) is 5.10 Å². The standard InChI is InChI=1S/C15H23N5O2S2/c1-4-22-15(21)17-13-12(10(3)20-24-13)9(2)18-19-14(23)16-11-7-5-6-8-11/h11H,4-8H2,1-3H3,(H,17,21)(H2,16,19,23)/b18-9+. The molecule has 1 fully saturated rings. The molecular formula is C15H23N5O2S2. The van der Waals surface area contributed by atoms with Crippen molar-refractivity contribution in [2.24, 2.45) is 5.10 Å². The highest BCUT2D eigenvalue weighted by Gasteiger charge is 2.17. The fourth-order valence-electron chi connectivity index (χ4n) is 2.62. The molecule has 1 aromatic rings. The first-order chi connectivity index (χ1) is 11.5. The molecule has 0 bridgehead atoms. The van der Waals surface area contributed by atoms with E-state index in [1.54, 1.807) is 6.92 Å². The summed E-state index contributed by atoms with van der Waals surface area (Å²) < 4.78 is 9.18. The maximum Gasteiger partial charge on any atom is 0.412 e. The van der Waals surface area contributed by atoms with E-state index < -0.39 is 6.09 Å². The topological polar surface area (TPSA) is 87.6 Å². The summed E-state index contributed by atoms with van der Waals surface area (Å²) in [5.74, 6) is 0. The first-order valence-corrected chi connectivity index (χ1v) is 9.20. The zero-order valence-electron chi connectivity index (χ0n) is 14.1. The summed E-state index contributed by atoms with van der Waals surface area (Å²) in [7, 11) is 0. The number of hydrazone groups is 1. The minimum Gasteiger partial charge on any atom is -0.450 e. The lowest BCUT2D eigenvalue weighted by molar-refractivity contribution is 0.168. The Balaban J connectivity index is 1.99. The number of anilines is 1. The number of aromatic nitrogens is 1. The first-order valence-electron chi connectivity index (χ1n) is 8.02. The fraction of sp³-hybridized carbons (Fsp3) is 0.600. The monoisotopic (exact) mass is 369 g/mol. The van der Waals surface area contributed by atoms with Gasteiger partial charge in [-0.05, 0) is 57.4 Å². The second-order valence-electron chi connectivity index (χ2n) is 5.58. The second kappa shape index (κ2) is 8.93. The van der Waals surface area contributed by atoms with E-state index in [0.29, 0.717) is 28.5 Å². The average molecular weight is 370 g/mol. The molecule has 3 N–H and O–H groups in total. The first kappa shape index (κ1) is 18.6. The van der Waals surface area contributed by atoms with Gasteiger partial charge < -0.3 is 10.1 Å². The van der Waals surface area contributed by atoms with Gasteiger partial charge in [-0.1, -0.05) is 12.8 Å². The molecule has 132 valence electrons. The maximum absolute atomic E-state index is 11.6. The molecule has 0 aliphatic heterocycles. The molecule has 0 atom stereocenters. The van der Waals surface area contributed by atoms with E-state index in [9.17, 15) is 4.79 Å². The number of nitrogens with zero attached hydrogens (tertiary/aromatic N) is 2. The van der Waals surface area contributed by atoms with Crippen molar-refractivity contribution < 1.29 is 9.53 Å². The highest BCUT2D eigenvalue weighted by Crippen LogP contribution is 2.25. The summed E-state index contributed by atoms with van der Waals surface area (Å²) in [6.07, 6.45) is 4.27. The van der Waals surface area contributed by atoms with Crippen LogP contribution in [0, 0.1) is 6.92 Å². The van der Waals surface area contributed by atoms with Gasteiger partial charge in [0, 0.05) is 6.04 Å². The van der Waals surface area contributed by atoms with Crippen LogP contribution in [-0.4, -0.2) is 33.9 Å². The van der Waals surface area contributed by atoms with Crippen molar-refractivity contribution in [3.05, 3.63) is 11.3 Å². The van der Waals surface area contributed by atoms with Crippen LogP contribution in [0.2, 0.25) is 0 Å².